The maximum Gasteiger partial charge on any atom is 0.338 e. The zero-order chi connectivity index (χ0) is 23.4. The summed E-state index contributed by atoms with van der Waals surface area (Å²) in [5.41, 5.74) is 1.85. The average Bonchev–Trinajstić information content (AvgIpc) is 2.66. The van der Waals surface area contributed by atoms with Crippen LogP contribution in [0.25, 0.3) is 0 Å². The van der Waals surface area contributed by atoms with Gasteiger partial charge in [0.1, 0.15) is 6.54 Å². The molecule has 0 aromatic heterocycles. The second-order valence-electron chi connectivity index (χ2n) is 8.03. The molecule has 1 N–H and O–H groups in total. The first kappa shape index (κ1) is 24.7. The molecule has 0 aliphatic heterocycles. The molecule has 0 atom stereocenters. The topological polar surface area (TPSA) is 92.8 Å². The third-order valence-electron chi connectivity index (χ3n) is 4.46. The Balaban J connectivity index is 2.20. The molecule has 0 bridgehead atoms. The van der Waals surface area contributed by atoms with Crippen molar-refractivity contribution in [2.24, 2.45) is 0 Å². The number of esters is 1. The summed E-state index contributed by atoms with van der Waals surface area (Å²) in [7, 11) is -3.71. The lowest BCUT2D eigenvalue weighted by molar-refractivity contribution is -0.114. The molecule has 0 fully saturated rings. The summed E-state index contributed by atoms with van der Waals surface area (Å²) in [6.07, 6.45) is 1.04. The van der Waals surface area contributed by atoms with Crippen molar-refractivity contribution in [3.63, 3.8) is 0 Å². The summed E-state index contributed by atoms with van der Waals surface area (Å²) in [6.45, 7) is 7.66. The lowest BCUT2D eigenvalue weighted by Crippen LogP contribution is -2.37. The number of amides is 1. The number of hydrogen-bond acceptors (Lipinski definition) is 5. The van der Waals surface area contributed by atoms with Crippen LogP contribution in [0.1, 0.15) is 43.6 Å². The lowest BCUT2D eigenvalue weighted by Gasteiger charge is -2.24. The van der Waals surface area contributed by atoms with Gasteiger partial charge in [-0.05, 0) is 48.2 Å². The van der Waals surface area contributed by atoms with E-state index < -0.39 is 28.4 Å². The highest BCUT2D eigenvalue weighted by molar-refractivity contribution is 7.92. The van der Waals surface area contributed by atoms with Crippen LogP contribution in [0.5, 0.6) is 0 Å². The molecule has 0 heterocycles. The number of anilines is 2. The molecule has 7 nitrogen and oxygen atoms in total. The maximum absolute atomic E-state index is 12.6. The summed E-state index contributed by atoms with van der Waals surface area (Å²) in [6, 6.07) is 11.4. The van der Waals surface area contributed by atoms with Crippen LogP contribution in [0.2, 0.25) is 5.02 Å². The van der Waals surface area contributed by atoms with E-state index in [1.807, 2.05) is 12.1 Å². The minimum atomic E-state index is -3.71. The van der Waals surface area contributed by atoms with E-state index in [0.717, 1.165) is 16.1 Å². The zero-order valence-electron chi connectivity index (χ0n) is 18.2. The number of carbonyl (C=O) groups excluding carboxylic acids is 2. The van der Waals surface area contributed by atoms with Crippen LogP contribution in [0.15, 0.2) is 42.5 Å². The van der Waals surface area contributed by atoms with E-state index in [-0.39, 0.29) is 28.3 Å². The molecule has 2 aromatic rings. The first-order valence-corrected chi connectivity index (χ1v) is 11.9. The Labute approximate surface area is 188 Å². The molecule has 0 unspecified atom stereocenters. The molecule has 9 heteroatoms. The number of rotatable bonds is 7. The fourth-order valence-electron chi connectivity index (χ4n) is 2.81. The molecule has 168 valence electrons. The van der Waals surface area contributed by atoms with E-state index in [9.17, 15) is 18.0 Å². The fourth-order valence-corrected chi connectivity index (χ4v) is 3.89. The first-order valence-electron chi connectivity index (χ1n) is 9.67. The number of nitrogens with one attached hydrogen (secondary N) is 1. The van der Waals surface area contributed by atoms with Crippen LogP contribution < -0.4 is 9.62 Å². The Bertz CT molecular complexity index is 1060. The Kier molecular flexibility index (Phi) is 7.72. The molecule has 2 aromatic carbocycles. The highest BCUT2D eigenvalue weighted by Gasteiger charge is 2.22. The standard InChI is InChI=1S/C22H27ClN2O5S/c1-6-30-21(27)15-7-12-19(18(23)13-15)24-20(26)14-25(31(5,28)29)17-10-8-16(9-11-17)22(2,3)4/h7-13H,6,14H2,1-5H3,(H,24,26). The zero-order valence-corrected chi connectivity index (χ0v) is 19.8. The molecule has 0 saturated carbocycles. The quantitative estimate of drug-likeness (QED) is 0.616. The van der Waals surface area contributed by atoms with Crippen molar-refractivity contribution >= 4 is 44.9 Å². The number of sulfonamides is 1. The average molecular weight is 467 g/mol. The number of benzene rings is 2. The second kappa shape index (κ2) is 9.70. The summed E-state index contributed by atoms with van der Waals surface area (Å²) in [5, 5.41) is 2.73. The van der Waals surface area contributed by atoms with Crippen molar-refractivity contribution in [2.45, 2.75) is 33.1 Å². The Hall–Kier alpha value is -2.58. The summed E-state index contributed by atoms with van der Waals surface area (Å²) in [5.74, 6) is -1.10. The SMILES string of the molecule is CCOC(=O)c1ccc(NC(=O)CN(c2ccc(C(C)(C)C)cc2)S(C)(=O)=O)c(Cl)c1. The molecule has 31 heavy (non-hydrogen) atoms. The van der Waals surface area contributed by atoms with E-state index in [0.29, 0.717) is 5.69 Å². The van der Waals surface area contributed by atoms with Crippen LogP contribution in [-0.2, 0) is 25.0 Å². The van der Waals surface area contributed by atoms with Crippen LogP contribution in [0.3, 0.4) is 0 Å². The van der Waals surface area contributed by atoms with Crippen LogP contribution in [-0.4, -0.2) is 39.7 Å². The summed E-state index contributed by atoms with van der Waals surface area (Å²) >= 11 is 6.17. The van der Waals surface area contributed by atoms with Gasteiger partial charge >= 0.3 is 5.97 Å². The van der Waals surface area contributed by atoms with E-state index in [1.165, 1.54) is 18.2 Å². The Morgan fingerprint density at radius 2 is 1.71 bits per heavy atom. The van der Waals surface area contributed by atoms with E-state index >= 15 is 0 Å². The molecule has 0 aliphatic rings. The largest absolute Gasteiger partial charge is 0.462 e. The molecule has 2 rings (SSSR count). The van der Waals surface area contributed by atoms with Crippen molar-refractivity contribution < 1.29 is 22.7 Å². The highest BCUT2D eigenvalue weighted by atomic mass is 35.5. The van der Waals surface area contributed by atoms with E-state index in [4.69, 9.17) is 16.3 Å². The number of carbonyl (C=O) groups is 2. The van der Waals surface area contributed by atoms with Gasteiger partial charge in [-0.3, -0.25) is 9.10 Å². The van der Waals surface area contributed by atoms with Crippen molar-refractivity contribution in [1.82, 2.24) is 0 Å². The molecule has 1 amide bonds. The van der Waals surface area contributed by atoms with Crippen molar-refractivity contribution in [3.8, 4) is 0 Å². The van der Waals surface area contributed by atoms with Crippen LogP contribution >= 0.6 is 11.6 Å². The third-order valence-corrected chi connectivity index (χ3v) is 5.92. The first-order chi connectivity index (χ1) is 14.3. The van der Waals surface area contributed by atoms with Crippen molar-refractivity contribution in [3.05, 3.63) is 58.6 Å². The minimum Gasteiger partial charge on any atom is -0.462 e. The number of halogens is 1. The van der Waals surface area contributed by atoms with Gasteiger partial charge in [-0.15, -0.1) is 0 Å². The van der Waals surface area contributed by atoms with Crippen LogP contribution in [0, 0.1) is 0 Å². The smallest absolute Gasteiger partial charge is 0.338 e. The molecule has 0 radical (unpaired) electrons. The Morgan fingerprint density at radius 3 is 2.19 bits per heavy atom. The fraction of sp³-hybridized carbons (Fsp3) is 0.364. The predicted molar refractivity (Wildman–Crippen MR) is 123 cm³/mol. The number of nitrogens with zero attached hydrogens (tertiary/aromatic N) is 1. The van der Waals surface area contributed by atoms with E-state index in [2.05, 4.69) is 26.1 Å². The van der Waals surface area contributed by atoms with Gasteiger partial charge in [-0.1, -0.05) is 44.5 Å². The molecule has 0 saturated heterocycles. The van der Waals surface area contributed by atoms with Gasteiger partial charge < -0.3 is 10.1 Å². The van der Waals surface area contributed by atoms with Gasteiger partial charge in [0.2, 0.25) is 15.9 Å². The maximum atomic E-state index is 12.6. The summed E-state index contributed by atoms with van der Waals surface area (Å²) < 4.78 is 30.6. The van der Waals surface area contributed by atoms with Gasteiger partial charge in [0.15, 0.2) is 0 Å². The van der Waals surface area contributed by atoms with Crippen molar-refractivity contribution in [1.29, 1.82) is 0 Å². The minimum absolute atomic E-state index is 0.0850. The van der Waals surface area contributed by atoms with Gasteiger partial charge in [-0.25, -0.2) is 13.2 Å². The molecule has 0 spiro atoms. The highest BCUT2D eigenvalue weighted by Crippen LogP contribution is 2.27. The number of ether oxygens (including phenoxy) is 1. The lowest BCUT2D eigenvalue weighted by atomic mass is 9.87. The molecular weight excluding hydrogens is 440 g/mol. The van der Waals surface area contributed by atoms with Gasteiger partial charge in [0.05, 0.1) is 34.8 Å². The number of hydrogen-bond donors (Lipinski definition) is 1. The van der Waals surface area contributed by atoms with Gasteiger partial charge in [-0.2, -0.15) is 0 Å². The van der Waals surface area contributed by atoms with Gasteiger partial charge in [0.25, 0.3) is 0 Å². The van der Waals surface area contributed by atoms with Crippen molar-refractivity contribution in [2.75, 3.05) is 29.0 Å². The Morgan fingerprint density at radius 1 is 1.10 bits per heavy atom. The van der Waals surface area contributed by atoms with Gasteiger partial charge in [0, 0.05) is 0 Å². The summed E-state index contributed by atoms with van der Waals surface area (Å²) in [4.78, 5) is 24.4. The third kappa shape index (κ3) is 6.70. The van der Waals surface area contributed by atoms with E-state index in [1.54, 1.807) is 19.1 Å². The molecular formula is C22H27ClN2O5S. The second-order valence-corrected chi connectivity index (χ2v) is 10.3. The molecule has 0 aliphatic carbocycles. The predicted octanol–water partition coefficient (Wildman–Crippen LogP) is 4.22. The monoisotopic (exact) mass is 466 g/mol. The normalized spacial score (nSPS) is 11.7. The van der Waals surface area contributed by atoms with Crippen LogP contribution in [0.4, 0.5) is 11.4 Å².